The zero-order chi connectivity index (χ0) is 10.8. The van der Waals surface area contributed by atoms with E-state index in [1.807, 2.05) is 12.1 Å². The van der Waals surface area contributed by atoms with Gasteiger partial charge in [-0.15, -0.1) is 0 Å². The highest BCUT2D eigenvalue weighted by atomic mass is 79.9. The molecule has 1 nitrogen and oxygen atoms in total. The van der Waals surface area contributed by atoms with E-state index in [0.717, 1.165) is 15.6 Å². The fourth-order valence-electron chi connectivity index (χ4n) is 1.50. The van der Waals surface area contributed by atoms with Crippen LogP contribution in [0.1, 0.15) is 5.56 Å². The van der Waals surface area contributed by atoms with E-state index in [9.17, 15) is 5.11 Å². The molecule has 0 heterocycles. The summed E-state index contributed by atoms with van der Waals surface area (Å²) in [5.74, 6) is 0.294. The van der Waals surface area contributed by atoms with Crippen LogP contribution in [0.2, 0.25) is 0 Å². The quantitative estimate of drug-likeness (QED) is 0.820. The van der Waals surface area contributed by atoms with Crippen molar-refractivity contribution in [2.75, 3.05) is 0 Å². The normalized spacial score (nSPS) is 10.3. The molecule has 0 radical (unpaired) electrons. The molecule has 0 bridgehead atoms. The van der Waals surface area contributed by atoms with Crippen LogP contribution >= 0.6 is 15.9 Å². The van der Waals surface area contributed by atoms with Crippen LogP contribution in [0, 0.1) is 6.92 Å². The molecule has 76 valence electrons. The van der Waals surface area contributed by atoms with Gasteiger partial charge in [-0.05, 0) is 41.8 Å². The first-order valence-corrected chi connectivity index (χ1v) is 5.51. The first-order chi connectivity index (χ1) is 7.16. The van der Waals surface area contributed by atoms with Crippen LogP contribution in [-0.2, 0) is 0 Å². The molecule has 0 aromatic heterocycles. The van der Waals surface area contributed by atoms with Crippen molar-refractivity contribution in [3.63, 3.8) is 0 Å². The Hall–Kier alpha value is -1.28. The van der Waals surface area contributed by atoms with E-state index < -0.39 is 0 Å². The van der Waals surface area contributed by atoms with E-state index in [2.05, 4.69) is 41.1 Å². The Labute approximate surface area is 97.5 Å². The maximum absolute atomic E-state index is 9.21. The van der Waals surface area contributed by atoms with Crippen molar-refractivity contribution in [2.45, 2.75) is 6.92 Å². The number of phenolic OH excluding ortho intramolecular Hbond substituents is 1. The van der Waals surface area contributed by atoms with Gasteiger partial charge in [-0.3, -0.25) is 0 Å². The van der Waals surface area contributed by atoms with Gasteiger partial charge < -0.3 is 5.11 Å². The predicted octanol–water partition coefficient (Wildman–Crippen LogP) is 4.13. The summed E-state index contributed by atoms with van der Waals surface area (Å²) in [5.41, 5.74) is 3.46. The lowest BCUT2D eigenvalue weighted by Crippen LogP contribution is -1.80. The fourth-order valence-corrected chi connectivity index (χ4v) is 2.22. The zero-order valence-corrected chi connectivity index (χ0v) is 9.95. The van der Waals surface area contributed by atoms with E-state index >= 15 is 0 Å². The molecular weight excluding hydrogens is 252 g/mol. The summed E-state index contributed by atoms with van der Waals surface area (Å²) in [7, 11) is 0. The number of aromatic hydroxyl groups is 1. The van der Waals surface area contributed by atoms with Gasteiger partial charge in [0, 0.05) is 4.47 Å². The summed E-state index contributed by atoms with van der Waals surface area (Å²) in [6, 6.07) is 13.4. The van der Waals surface area contributed by atoms with Gasteiger partial charge in [-0.25, -0.2) is 0 Å². The first kappa shape index (κ1) is 10.2. The van der Waals surface area contributed by atoms with Gasteiger partial charge in [0.05, 0.1) is 0 Å². The summed E-state index contributed by atoms with van der Waals surface area (Å²) in [4.78, 5) is 0. The van der Waals surface area contributed by atoms with Crippen molar-refractivity contribution < 1.29 is 5.11 Å². The lowest BCUT2D eigenvalue weighted by Gasteiger charge is -2.05. The topological polar surface area (TPSA) is 20.2 Å². The number of hydrogen-bond donors (Lipinski definition) is 1. The lowest BCUT2D eigenvalue weighted by atomic mass is 10.0. The molecule has 0 aliphatic rings. The van der Waals surface area contributed by atoms with Crippen LogP contribution in [0.25, 0.3) is 11.1 Å². The molecule has 0 atom stereocenters. The van der Waals surface area contributed by atoms with Crippen molar-refractivity contribution in [3.8, 4) is 16.9 Å². The van der Waals surface area contributed by atoms with Gasteiger partial charge in [0.25, 0.3) is 0 Å². The maximum Gasteiger partial charge on any atom is 0.115 e. The van der Waals surface area contributed by atoms with E-state index in [0.29, 0.717) is 5.75 Å². The maximum atomic E-state index is 9.21. The molecule has 0 saturated carbocycles. The molecule has 2 heteroatoms. The van der Waals surface area contributed by atoms with E-state index in [1.165, 1.54) is 5.56 Å². The highest BCUT2D eigenvalue weighted by Gasteiger charge is 2.02. The van der Waals surface area contributed by atoms with Crippen LogP contribution in [-0.4, -0.2) is 5.11 Å². The van der Waals surface area contributed by atoms with Crippen LogP contribution in [0.5, 0.6) is 5.75 Å². The minimum atomic E-state index is 0.294. The molecule has 0 fully saturated rings. The second-order valence-electron chi connectivity index (χ2n) is 3.53. The van der Waals surface area contributed by atoms with Crippen molar-refractivity contribution in [1.82, 2.24) is 0 Å². The molecular formula is C13H11BrO. The predicted molar refractivity (Wildman–Crippen MR) is 66.0 cm³/mol. The minimum Gasteiger partial charge on any atom is -0.508 e. The van der Waals surface area contributed by atoms with Crippen molar-refractivity contribution in [1.29, 1.82) is 0 Å². The fraction of sp³-hybridized carbons (Fsp3) is 0.0769. The smallest absolute Gasteiger partial charge is 0.115 e. The minimum absolute atomic E-state index is 0.294. The number of rotatable bonds is 1. The summed E-state index contributed by atoms with van der Waals surface area (Å²) in [6.07, 6.45) is 0. The Kier molecular flexibility index (Phi) is 2.78. The number of benzene rings is 2. The Balaban J connectivity index is 2.49. The van der Waals surface area contributed by atoms with Gasteiger partial charge >= 0.3 is 0 Å². The van der Waals surface area contributed by atoms with Gasteiger partial charge in [0.1, 0.15) is 5.75 Å². The lowest BCUT2D eigenvalue weighted by molar-refractivity contribution is 0.475. The molecule has 1 N–H and O–H groups in total. The first-order valence-electron chi connectivity index (χ1n) is 4.72. The Morgan fingerprint density at radius 3 is 2.27 bits per heavy atom. The molecule has 0 unspecified atom stereocenters. The van der Waals surface area contributed by atoms with Crippen molar-refractivity contribution in [3.05, 3.63) is 52.5 Å². The number of hydrogen-bond acceptors (Lipinski definition) is 1. The highest BCUT2D eigenvalue weighted by Crippen LogP contribution is 2.29. The van der Waals surface area contributed by atoms with E-state index in [4.69, 9.17) is 0 Å². The van der Waals surface area contributed by atoms with Crippen LogP contribution in [0.4, 0.5) is 0 Å². The molecule has 2 aromatic carbocycles. The average Bonchev–Trinajstić information content (AvgIpc) is 2.20. The summed E-state index contributed by atoms with van der Waals surface area (Å²) in [6.45, 7) is 2.06. The third-order valence-electron chi connectivity index (χ3n) is 2.30. The number of aryl methyl sites for hydroxylation is 1. The molecule has 15 heavy (non-hydrogen) atoms. The van der Waals surface area contributed by atoms with E-state index in [-0.39, 0.29) is 0 Å². The van der Waals surface area contributed by atoms with Gasteiger partial charge in [0.15, 0.2) is 0 Å². The third kappa shape index (κ3) is 2.21. The largest absolute Gasteiger partial charge is 0.508 e. The number of phenols is 1. The van der Waals surface area contributed by atoms with Gasteiger partial charge in [0.2, 0.25) is 0 Å². The Bertz CT molecular complexity index is 474. The molecule has 0 saturated heterocycles. The van der Waals surface area contributed by atoms with Crippen LogP contribution in [0.15, 0.2) is 46.9 Å². The molecule has 0 spiro atoms. The molecule has 0 aliphatic heterocycles. The second kappa shape index (κ2) is 4.07. The highest BCUT2D eigenvalue weighted by molar-refractivity contribution is 9.10. The van der Waals surface area contributed by atoms with Gasteiger partial charge in [-0.2, -0.15) is 0 Å². The second-order valence-corrected chi connectivity index (χ2v) is 4.38. The Morgan fingerprint density at radius 2 is 1.67 bits per heavy atom. The number of halogens is 1. The van der Waals surface area contributed by atoms with Crippen molar-refractivity contribution >= 4 is 15.9 Å². The monoisotopic (exact) mass is 262 g/mol. The average molecular weight is 263 g/mol. The summed E-state index contributed by atoms with van der Waals surface area (Å²) >= 11 is 3.54. The molecule has 2 aromatic rings. The molecule has 2 rings (SSSR count). The van der Waals surface area contributed by atoms with Gasteiger partial charge in [-0.1, -0.05) is 40.2 Å². The van der Waals surface area contributed by atoms with Crippen LogP contribution < -0.4 is 0 Å². The van der Waals surface area contributed by atoms with Crippen LogP contribution in [0.3, 0.4) is 0 Å². The SMILES string of the molecule is Cc1ccc(-c2ccc(O)cc2)c(Br)c1. The van der Waals surface area contributed by atoms with E-state index in [1.54, 1.807) is 12.1 Å². The van der Waals surface area contributed by atoms with Crippen molar-refractivity contribution in [2.24, 2.45) is 0 Å². The third-order valence-corrected chi connectivity index (χ3v) is 2.96. The summed E-state index contributed by atoms with van der Waals surface area (Å²) < 4.78 is 1.08. The molecule has 0 amide bonds. The standard InChI is InChI=1S/C13H11BrO/c1-9-2-7-12(13(14)8-9)10-3-5-11(15)6-4-10/h2-8,15H,1H3. The summed E-state index contributed by atoms with van der Waals surface area (Å²) in [5, 5.41) is 9.21. The Morgan fingerprint density at radius 1 is 1.00 bits per heavy atom. The zero-order valence-electron chi connectivity index (χ0n) is 8.37. The molecule has 0 aliphatic carbocycles.